The van der Waals surface area contributed by atoms with Gasteiger partial charge in [0, 0.05) is 19.6 Å². The third-order valence-electron chi connectivity index (χ3n) is 3.15. The third-order valence-corrected chi connectivity index (χ3v) is 3.15. The van der Waals surface area contributed by atoms with Gasteiger partial charge in [-0.05, 0) is 26.8 Å². The van der Waals surface area contributed by atoms with Gasteiger partial charge in [-0.25, -0.2) is 0 Å². The molecule has 4 nitrogen and oxygen atoms in total. The molecule has 0 bridgehead atoms. The molecule has 0 aromatic heterocycles. The normalized spacial score (nSPS) is 30.5. The van der Waals surface area contributed by atoms with Gasteiger partial charge in [-0.2, -0.15) is 0 Å². The molecule has 2 aliphatic rings. The van der Waals surface area contributed by atoms with Crippen molar-refractivity contribution in [2.45, 2.75) is 25.9 Å². The molecule has 2 heterocycles. The summed E-state index contributed by atoms with van der Waals surface area (Å²) in [6, 6.07) is 0. The molecule has 2 rings (SSSR count). The SMILES string of the molecule is CC1(C)CN(C(=O)[C@H]2CCNC2)CCO1. The average Bonchev–Trinajstić information content (AvgIpc) is 2.67. The predicted octanol–water partition coefficient (Wildman–Crippen LogP) is 0.233. The van der Waals surface area contributed by atoms with Gasteiger partial charge in [-0.1, -0.05) is 0 Å². The van der Waals surface area contributed by atoms with Crippen LogP contribution >= 0.6 is 0 Å². The van der Waals surface area contributed by atoms with E-state index < -0.39 is 0 Å². The van der Waals surface area contributed by atoms with E-state index in [1.165, 1.54) is 0 Å². The van der Waals surface area contributed by atoms with Crippen molar-refractivity contribution in [3.05, 3.63) is 0 Å². The summed E-state index contributed by atoms with van der Waals surface area (Å²) in [6.07, 6.45) is 0.983. The van der Waals surface area contributed by atoms with Crippen molar-refractivity contribution in [2.75, 3.05) is 32.8 Å². The number of nitrogens with zero attached hydrogens (tertiary/aromatic N) is 1. The second-order valence-electron chi connectivity index (χ2n) is 5.06. The number of rotatable bonds is 1. The van der Waals surface area contributed by atoms with Crippen LogP contribution in [0.5, 0.6) is 0 Å². The highest BCUT2D eigenvalue weighted by Gasteiger charge is 2.33. The van der Waals surface area contributed by atoms with Crippen molar-refractivity contribution < 1.29 is 9.53 Å². The van der Waals surface area contributed by atoms with Crippen LogP contribution in [0.15, 0.2) is 0 Å². The first-order chi connectivity index (χ1) is 7.08. The molecule has 2 aliphatic heterocycles. The highest BCUT2D eigenvalue weighted by Crippen LogP contribution is 2.20. The van der Waals surface area contributed by atoms with Crippen LogP contribution < -0.4 is 5.32 Å². The van der Waals surface area contributed by atoms with Crippen molar-refractivity contribution in [1.82, 2.24) is 10.2 Å². The van der Waals surface area contributed by atoms with Gasteiger partial charge in [0.15, 0.2) is 0 Å². The van der Waals surface area contributed by atoms with Gasteiger partial charge in [0.1, 0.15) is 0 Å². The molecule has 1 amide bonds. The van der Waals surface area contributed by atoms with Gasteiger partial charge in [0.25, 0.3) is 0 Å². The number of hydrogen-bond donors (Lipinski definition) is 1. The van der Waals surface area contributed by atoms with Gasteiger partial charge in [-0.15, -0.1) is 0 Å². The minimum atomic E-state index is -0.181. The van der Waals surface area contributed by atoms with Gasteiger partial charge in [0.2, 0.25) is 5.91 Å². The average molecular weight is 212 g/mol. The fourth-order valence-corrected chi connectivity index (χ4v) is 2.33. The monoisotopic (exact) mass is 212 g/mol. The molecule has 2 fully saturated rings. The highest BCUT2D eigenvalue weighted by molar-refractivity contribution is 5.79. The van der Waals surface area contributed by atoms with E-state index >= 15 is 0 Å². The first kappa shape index (κ1) is 10.9. The van der Waals surface area contributed by atoms with E-state index in [4.69, 9.17) is 4.74 Å². The highest BCUT2D eigenvalue weighted by atomic mass is 16.5. The van der Waals surface area contributed by atoms with Crippen LogP contribution in [0.25, 0.3) is 0 Å². The molecule has 0 unspecified atom stereocenters. The van der Waals surface area contributed by atoms with Crippen molar-refractivity contribution >= 4 is 5.91 Å². The van der Waals surface area contributed by atoms with E-state index in [-0.39, 0.29) is 11.5 Å². The molecular formula is C11H20N2O2. The lowest BCUT2D eigenvalue weighted by Crippen LogP contribution is -2.52. The molecule has 86 valence electrons. The van der Waals surface area contributed by atoms with Crippen molar-refractivity contribution in [1.29, 1.82) is 0 Å². The van der Waals surface area contributed by atoms with Crippen LogP contribution in [0.2, 0.25) is 0 Å². The minimum absolute atomic E-state index is 0.181. The summed E-state index contributed by atoms with van der Waals surface area (Å²) in [5.41, 5.74) is -0.181. The Morgan fingerprint density at radius 3 is 2.93 bits per heavy atom. The summed E-state index contributed by atoms with van der Waals surface area (Å²) >= 11 is 0. The predicted molar refractivity (Wildman–Crippen MR) is 57.6 cm³/mol. The smallest absolute Gasteiger partial charge is 0.227 e. The van der Waals surface area contributed by atoms with Crippen LogP contribution in [0, 0.1) is 5.92 Å². The molecule has 0 saturated carbocycles. The van der Waals surface area contributed by atoms with E-state index in [9.17, 15) is 4.79 Å². The molecule has 4 heteroatoms. The van der Waals surface area contributed by atoms with Crippen LogP contribution in [-0.2, 0) is 9.53 Å². The van der Waals surface area contributed by atoms with Crippen LogP contribution in [0.4, 0.5) is 0 Å². The fourth-order valence-electron chi connectivity index (χ4n) is 2.33. The fraction of sp³-hybridized carbons (Fsp3) is 0.909. The number of nitrogens with one attached hydrogen (secondary N) is 1. The maximum absolute atomic E-state index is 12.1. The summed E-state index contributed by atoms with van der Waals surface area (Å²) in [6.45, 7) is 8.04. The van der Waals surface area contributed by atoms with E-state index in [0.717, 1.165) is 32.6 Å². The Balaban J connectivity index is 1.94. The lowest BCUT2D eigenvalue weighted by Gasteiger charge is -2.39. The molecular weight excluding hydrogens is 192 g/mol. The molecule has 2 saturated heterocycles. The molecule has 1 N–H and O–H groups in total. The Morgan fingerprint density at radius 1 is 1.53 bits per heavy atom. The van der Waals surface area contributed by atoms with Crippen molar-refractivity contribution in [2.24, 2.45) is 5.92 Å². The molecule has 0 aliphatic carbocycles. The second kappa shape index (κ2) is 4.10. The summed E-state index contributed by atoms with van der Waals surface area (Å²) < 4.78 is 5.60. The maximum Gasteiger partial charge on any atom is 0.227 e. The van der Waals surface area contributed by atoms with E-state index in [2.05, 4.69) is 5.32 Å². The van der Waals surface area contributed by atoms with Crippen molar-refractivity contribution in [3.8, 4) is 0 Å². The number of hydrogen-bond acceptors (Lipinski definition) is 3. The summed E-state index contributed by atoms with van der Waals surface area (Å²) in [4.78, 5) is 14.1. The Labute approximate surface area is 91.0 Å². The lowest BCUT2D eigenvalue weighted by molar-refractivity contribution is -0.149. The van der Waals surface area contributed by atoms with Crippen LogP contribution in [-0.4, -0.2) is 49.2 Å². The van der Waals surface area contributed by atoms with E-state index in [1.54, 1.807) is 0 Å². The molecule has 1 atom stereocenters. The number of carbonyl (C=O) groups is 1. The number of ether oxygens (including phenoxy) is 1. The number of carbonyl (C=O) groups excluding carboxylic acids is 1. The number of morpholine rings is 1. The van der Waals surface area contributed by atoms with Gasteiger partial charge >= 0.3 is 0 Å². The van der Waals surface area contributed by atoms with Gasteiger partial charge < -0.3 is 15.0 Å². The molecule has 15 heavy (non-hydrogen) atoms. The third kappa shape index (κ3) is 2.49. The quantitative estimate of drug-likeness (QED) is 0.676. The maximum atomic E-state index is 12.1. The zero-order valence-electron chi connectivity index (χ0n) is 9.58. The standard InChI is InChI=1S/C11H20N2O2/c1-11(2)8-13(5-6-15-11)10(14)9-3-4-12-7-9/h9,12H,3-8H2,1-2H3/t9-/m0/s1. The van der Waals surface area contributed by atoms with Crippen molar-refractivity contribution in [3.63, 3.8) is 0 Å². The minimum Gasteiger partial charge on any atom is -0.372 e. The Hall–Kier alpha value is -0.610. The van der Waals surface area contributed by atoms with E-state index in [1.807, 2.05) is 18.7 Å². The first-order valence-electron chi connectivity index (χ1n) is 5.72. The topological polar surface area (TPSA) is 41.6 Å². The Bertz CT molecular complexity index is 247. The molecule has 0 spiro atoms. The summed E-state index contributed by atoms with van der Waals surface area (Å²) in [5.74, 6) is 0.496. The summed E-state index contributed by atoms with van der Waals surface area (Å²) in [5, 5.41) is 3.23. The lowest BCUT2D eigenvalue weighted by atomic mass is 10.0. The zero-order chi connectivity index (χ0) is 10.9. The van der Waals surface area contributed by atoms with E-state index in [0.29, 0.717) is 12.5 Å². The zero-order valence-corrected chi connectivity index (χ0v) is 9.58. The molecule has 0 aromatic rings. The van der Waals surface area contributed by atoms with Gasteiger partial charge in [0.05, 0.1) is 18.1 Å². The van der Waals surface area contributed by atoms with Crippen LogP contribution in [0.3, 0.4) is 0 Å². The first-order valence-corrected chi connectivity index (χ1v) is 5.72. The molecule has 0 radical (unpaired) electrons. The second-order valence-corrected chi connectivity index (χ2v) is 5.06. The Morgan fingerprint density at radius 2 is 2.33 bits per heavy atom. The number of amides is 1. The molecule has 0 aromatic carbocycles. The van der Waals surface area contributed by atoms with Crippen LogP contribution in [0.1, 0.15) is 20.3 Å². The van der Waals surface area contributed by atoms with Gasteiger partial charge in [-0.3, -0.25) is 4.79 Å². The summed E-state index contributed by atoms with van der Waals surface area (Å²) in [7, 11) is 0. The largest absolute Gasteiger partial charge is 0.372 e. The Kier molecular flexibility index (Phi) is 2.98.